The van der Waals surface area contributed by atoms with Gasteiger partial charge in [-0.25, -0.2) is 0 Å². The zero-order valence-corrected chi connectivity index (χ0v) is 10.9. The van der Waals surface area contributed by atoms with Gasteiger partial charge in [-0.1, -0.05) is 32.6 Å². The first kappa shape index (κ1) is 13.9. The standard InChI is InChI=1S/C13H23N3O/c1-3-4-5-6-7-10-17-13-9-8-12(11-14-2)15-16-13/h8-9,14H,3-7,10-11H2,1-2H3. The van der Waals surface area contributed by atoms with E-state index in [1.807, 2.05) is 19.2 Å². The van der Waals surface area contributed by atoms with Gasteiger partial charge in [-0.05, 0) is 19.5 Å². The number of hydrogen-bond donors (Lipinski definition) is 1. The molecule has 17 heavy (non-hydrogen) atoms. The fourth-order valence-corrected chi connectivity index (χ4v) is 1.58. The van der Waals surface area contributed by atoms with Gasteiger partial charge in [-0.3, -0.25) is 0 Å². The van der Waals surface area contributed by atoms with Gasteiger partial charge in [0.1, 0.15) is 0 Å². The lowest BCUT2D eigenvalue weighted by atomic mass is 10.2. The molecule has 0 unspecified atom stereocenters. The van der Waals surface area contributed by atoms with E-state index >= 15 is 0 Å². The second-order valence-electron chi connectivity index (χ2n) is 4.16. The fourth-order valence-electron chi connectivity index (χ4n) is 1.58. The summed E-state index contributed by atoms with van der Waals surface area (Å²) in [6.07, 6.45) is 6.23. The van der Waals surface area contributed by atoms with E-state index in [4.69, 9.17) is 4.74 Å². The summed E-state index contributed by atoms with van der Waals surface area (Å²) in [5, 5.41) is 11.1. The van der Waals surface area contributed by atoms with Crippen LogP contribution in [0.3, 0.4) is 0 Å². The summed E-state index contributed by atoms with van der Waals surface area (Å²) in [5.41, 5.74) is 0.933. The van der Waals surface area contributed by atoms with Crippen molar-refractivity contribution in [3.8, 4) is 5.88 Å². The lowest BCUT2D eigenvalue weighted by Gasteiger charge is -2.05. The predicted molar refractivity (Wildman–Crippen MR) is 69.0 cm³/mol. The van der Waals surface area contributed by atoms with E-state index < -0.39 is 0 Å². The Morgan fingerprint density at radius 1 is 1.12 bits per heavy atom. The molecule has 0 aliphatic carbocycles. The molecular weight excluding hydrogens is 214 g/mol. The Morgan fingerprint density at radius 2 is 1.94 bits per heavy atom. The van der Waals surface area contributed by atoms with Crippen molar-refractivity contribution in [2.75, 3.05) is 13.7 Å². The quantitative estimate of drug-likeness (QED) is 0.670. The smallest absolute Gasteiger partial charge is 0.233 e. The number of ether oxygens (including phenoxy) is 1. The van der Waals surface area contributed by atoms with E-state index in [2.05, 4.69) is 22.4 Å². The van der Waals surface area contributed by atoms with Gasteiger partial charge in [0.25, 0.3) is 0 Å². The summed E-state index contributed by atoms with van der Waals surface area (Å²) in [6, 6.07) is 3.82. The summed E-state index contributed by atoms with van der Waals surface area (Å²) >= 11 is 0. The van der Waals surface area contributed by atoms with E-state index in [-0.39, 0.29) is 0 Å². The van der Waals surface area contributed by atoms with Crippen LogP contribution < -0.4 is 10.1 Å². The van der Waals surface area contributed by atoms with Crippen LogP contribution in [0.15, 0.2) is 12.1 Å². The Hall–Kier alpha value is -1.16. The van der Waals surface area contributed by atoms with Crippen LogP contribution in [0, 0.1) is 0 Å². The Morgan fingerprint density at radius 3 is 2.59 bits per heavy atom. The summed E-state index contributed by atoms with van der Waals surface area (Å²) in [5.74, 6) is 0.625. The maximum absolute atomic E-state index is 5.53. The van der Waals surface area contributed by atoms with Crippen LogP contribution in [-0.2, 0) is 6.54 Å². The molecule has 0 spiro atoms. The average Bonchev–Trinajstić information content (AvgIpc) is 2.36. The zero-order chi connectivity index (χ0) is 12.3. The third-order valence-corrected chi connectivity index (χ3v) is 2.55. The number of rotatable bonds is 9. The molecule has 1 aromatic rings. The minimum absolute atomic E-state index is 0.625. The molecule has 0 saturated heterocycles. The van der Waals surface area contributed by atoms with Crippen molar-refractivity contribution < 1.29 is 4.74 Å². The van der Waals surface area contributed by atoms with E-state index in [1.54, 1.807) is 0 Å². The van der Waals surface area contributed by atoms with Gasteiger partial charge in [-0.15, -0.1) is 5.10 Å². The van der Waals surface area contributed by atoms with Crippen LogP contribution in [0.25, 0.3) is 0 Å². The third-order valence-electron chi connectivity index (χ3n) is 2.55. The maximum Gasteiger partial charge on any atom is 0.233 e. The summed E-state index contributed by atoms with van der Waals surface area (Å²) < 4.78 is 5.53. The SMILES string of the molecule is CCCCCCCOc1ccc(CNC)nn1. The van der Waals surface area contributed by atoms with Gasteiger partial charge in [0.05, 0.1) is 12.3 Å². The van der Waals surface area contributed by atoms with Crippen LogP contribution in [0.4, 0.5) is 0 Å². The van der Waals surface area contributed by atoms with Crippen molar-refractivity contribution in [2.24, 2.45) is 0 Å². The van der Waals surface area contributed by atoms with Crippen LogP contribution in [-0.4, -0.2) is 23.9 Å². The molecule has 1 aromatic heterocycles. The number of aromatic nitrogens is 2. The highest BCUT2D eigenvalue weighted by Gasteiger charge is 1.98. The monoisotopic (exact) mass is 237 g/mol. The van der Waals surface area contributed by atoms with Crippen LogP contribution in [0.5, 0.6) is 5.88 Å². The molecular formula is C13H23N3O. The highest BCUT2D eigenvalue weighted by atomic mass is 16.5. The average molecular weight is 237 g/mol. The predicted octanol–water partition coefficient (Wildman–Crippen LogP) is 2.55. The lowest BCUT2D eigenvalue weighted by Crippen LogP contribution is -2.08. The minimum atomic E-state index is 0.625. The van der Waals surface area contributed by atoms with Crippen molar-refractivity contribution in [3.63, 3.8) is 0 Å². The second kappa shape index (κ2) is 8.93. The minimum Gasteiger partial charge on any atom is -0.477 e. The zero-order valence-electron chi connectivity index (χ0n) is 10.9. The van der Waals surface area contributed by atoms with E-state index in [0.717, 1.165) is 25.3 Å². The van der Waals surface area contributed by atoms with Gasteiger partial charge in [0, 0.05) is 12.6 Å². The maximum atomic E-state index is 5.53. The van der Waals surface area contributed by atoms with Crippen molar-refractivity contribution in [1.82, 2.24) is 15.5 Å². The molecule has 0 bridgehead atoms. The molecule has 1 rings (SSSR count). The number of nitrogens with zero attached hydrogens (tertiary/aromatic N) is 2. The molecule has 0 fully saturated rings. The van der Waals surface area contributed by atoms with E-state index in [9.17, 15) is 0 Å². The van der Waals surface area contributed by atoms with Gasteiger partial charge in [0.2, 0.25) is 5.88 Å². The third kappa shape index (κ3) is 6.22. The van der Waals surface area contributed by atoms with Crippen LogP contribution in [0.1, 0.15) is 44.7 Å². The van der Waals surface area contributed by atoms with Crippen LogP contribution in [0.2, 0.25) is 0 Å². The molecule has 0 amide bonds. The molecule has 0 saturated carbocycles. The number of hydrogen-bond acceptors (Lipinski definition) is 4. The normalized spacial score (nSPS) is 10.5. The Bertz CT molecular complexity index is 287. The first-order valence-electron chi connectivity index (χ1n) is 6.46. The molecule has 4 nitrogen and oxygen atoms in total. The van der Waals surface area contributed by atoms with E-state index in [0.29, 0.717) is 5.88 Å². The van der Waals surface area contributed by atoms with Crippen molar-refractivity contribution in [2.45, 2.75) is 45.6 Å². The van der Waals surface area contributed by atoms with E-state index in [1.165, 1.54) is 25.7 Å². The first-order valence-corrected chi connectivity index (χ1v) is 6.46. The largest absolute Gasteiger partial charge is 0.477 e. The molecule has 0 aliphatic heterocycles. The molecule has 1 N–H and O–H groups in total. The summed E-state index contributed by atoms with van der Waals surface area (Å²) in [6.45, 7) is 3.70. The topological polar surface area (TPSA) is 47.0 Å². The number of unbranched alkanes of at least 4 members (excludes halogenated alkanes) is 4. The van der Waals surface area contributed by atoms with Crippen LogP contribution >= 0.6 is 0 Å². The summed E-state index contributed by atoms with van der Waals surface area (Å²) in [4.78, 5) is 0. The molecule has 0 aliphatic rings. The van der Waals surface area contributed by atoms with Gasteiger partial charge < -0.3 is 10.1 Å². The Balaban J connectivity index is 2.14. The number of nitrogens with one attached hydrogen (secondary N) is 1. The molecule has 4 heteroatoms. The highest BCUT2D eigenvalue weighted by molar-refractivity contribution is 5.11. The fraction of sp³-hybridized carbons (Fsp3) is 0.692. The van der Waals surface area contributed by atoms with Gasteiger partial charge in [-0.2, -0.15) is 5.10 Å². The molecule has 0 aromatic carbocycles. The molecule has 0 atom stereocenters. The second-order valence-corrected chi connectivity index (χ2v) is 4.16. The van der Waals surface area contributed by atoms with Crippen molar-refractivity contribution >= 4 is 0 Å². The van der Waals surface area contributed by atoms with Crippen molar-refractivity contribution in [3.05, 3.63) is 17.8 Å². The lowest BCUT2D eigenvalue weighted by molar-refractivity contribution is 0.289. The van der Waals surface area contributed by atoms with Gasteiger partial charge >= 0.3 is 0 Å². The van der Waals surface area contributed by atoms with Crippen molar-refractivity contribution in [1.29, 1.82) is 0 Å². The summed E-state index contributed by atoms with van der Waals surface area (Å²) in [7, 11) is 1.89. The molecule has 0 radical (unpaired) electrons. The van der Waals surface area contributed by atoms with Gasteiger partial charge in [0.15, 0.2) is 0 Å². The Labute approximate surface area is 104 Å². The first-order chi connectivity index (χ1) is 8.36. The highest BCUT2D eigenvalue weighted by Crippen LogP contribution is 2.07. The molecule has 96 valence electrons. The Kier molecular flexibility index (Phi) is 7.30. The molecule has 1 heterocycles.